The maximum absolute atomic E-state index is 12.3. The Hall–Kier alpha value is -2.08. The second-order valence-electron chi connectivity index (χ2n) is 4.64. The number of benzene rings is 1. The van der Waals surface area contributed by atoms with Gasteiger partial charge < -0.3 is 15.2 Å². The van der Waals surface area contributed by atoms with Gasteiger partial charge in [-0.2, -0.15) is 0 Å². The number of ether oxygens (including phenoxy) is 1. The van der Waals surface area contributed by atoms with Gasteiger partial charge in [0.25, 0.3) is 0 Å². The highest BCUT2D eigenvalue weighted by Gasteiger charge is 2.21. The number of para-hydroxylation sites is 2. The highest BCUT2D eigenvalue weighted by molar-refractivity contribution is 5.95. The number of anilines is 1. The van der Waals surface area contributed by atoms with E-state index >= 15 is 0 Å². The molecule has 116 valence electrons. The SMILES string of the molecule is CCN(CCC(=O)O)C(C)C(=O)Nc1ccccc1OC. The van der Waals surface area contributed by atoms with E-state index < -0.39 is 12.0 Å². The van der Waals surface area contributed by atoms with E-state index in [2.05, 4.69) is 5.32 Å². The van der Waals surface area contributed by atoms with Crippen LogP contribution in [0.3, 0.4) is 0 Å². The Kier molecular flexibility index (Phi) is 6.68. The number of hydrogen-bond donors (Lipinski definition) is 2. The van der Waals surface area contributed by atoms with Gasteiger partial charge in [0.1, 0.15) is 5.75 Å². The number of methoxy groups -OCH3 is 1. The fraction of sp³-hybridized carbons (Fsp3) is 0.467. The van der Waals surface area contributed by atoms with E-state index in [-0.39, 0.29) is 12.3 Å². The van der Waals surface area contributed by atoms with Gasteiger partial charge in [-0.25, -0.2) is 0 Å². The molecule has 0 radical (unpaired) electrons. The lowest BCUT2D eigenvalue weighted by molar-refractivity contribution is -0.138. The van der Waals surface area contributed by atoms with Crippen molar-refractivity contribution in [3.05, 3.63) is 24.3 Å². The fourth-order valence-electron chi connectivity index (χ4n) is 2.02. The van der Waals surface area contributed by atoms with Crippen LogP contribution < -0.4 is 10.1 Å². The Morgan fingerprint density at radius 3 is 2.62 bits per heavy atom. The minimum Gasteiger partial charge on any atom is -0.495 e. The molecule has 1 unspecified atom stereocenters. The Labute approximate surface area is 124 Å². The van der Waals surface area contributed by atoms with Crippen LogP contribution in [0.4, 0.5) is 5.69 Å². The van der Waals surface area contributed by atoms with E-state index in [0.29, 0.717) is 24.5 Å². The zero-order chi connectivity index (χ0) is 15.8. The van der Waals surface area contributed by atoms with Crippen LogP contribution in [0, 0.1) is 0 Å². The van der Waals surface area contributed by atoms with Crippen LogP contribution in [-0.2, 0) is 9.59 Å². The molecular formula is C15H22N2O4. The third kappa shape index (κ3) is 5.07. The summed E-state index contributed by atoms with van der Waals surface area (Å²) in [6, 6.07) is 6.74. The van der Waals surface area contributed by atoms with Crippen molar-refractivity contribution in [2.75, 3.05) is 25.5 Å². The van der Waals surface area contributed by atoms with Crippen LogP contribution >= 0.6 is 0 Å². The first-order valence-corrected chi connectivity index (χ1v) is 6.89. The summed E-state index contributed by atoms with van der Waals surface area (Å²) in [6.07, 6.45) is 0.0140. The summed E-state index contributed by atoms with van der Waals surface area (Å²) in [5.74, 6) is -0.468. The first-order valence-electron chi connectivity index (χ1n) is 6.89. The van der Waals surface area contributed by atoms with Crippen LogP contribution in [0.1, 0.15) is 20.3 Å². The predicted molar refractivity (Wildman–Crippen MR) is 80.6 cm³/mol. The Morgan fingerprint density at radius 1 is 1.38 bits per heavy atom. The van der Waals surface area contributed by atoms with E-state index in [0.717, 1.165) is 0 Å². The van der Waals surface area contributed by atoms with Gasteiger partial charge in [-0.05, 0) is 25.6 Å². The number of likely N-dealkylation sites (N-methyl/N-ethyl adjacent to an activating group) is 1. The number of amides is 1. The lowest BCUT2D eigenvalue weighted by Gasteiger charge is -2.26. The van der Waals surface area contributed by atoms with E-state index in [1.54, 1.807) is 26.2 Å². The molecule has 0 aliphatic carbocycles. The van der Waals surface area contributed by atoms with Gasteiger partial charge in [0.15, 0.2) is 0 Å². The largest absolute Gasteiger partial charge is 0.495 e. The number of carboxylic acid groups (broad SMARTS) is 1. The quantitative estimate of drug-likeness (QED) is 0.764. The Morgan fingerprint density at radius 2 is 2.05 bits per heavy atom. The summed E-state index contributed by atoms with van der Waals surface area (Å²) in [5, 5.41) is 11.5. The summed E-state index contributed by atoms with van der Waals surface area (Å²) in [5.41, 5.74) is 0.603. The van der Waals surface area contributed by atoms with Gasteiger partial charge in [0.05, 0.1) is 25.3 Å². The van der Waals surface area contributed by atoms with Gasteiger partial charge in [-0.15, -0.1) is 0 Å². The smallest absolute Gasteiger partial charge is 0.304 e. The van der Waals surface area contributed by atoms with Crippen LogP contribution in [0.2, 0.25) is 0 Å². The second-order valence-corrected chi connectivity index (χ2v) is 4.64. The Bertz CT molecular complexity index is 490. The average Bonchev–Trinajstić information content (AvgIpc) is 2.47. The average molecular weight is 294 g/mol. The topological polar surface area (TPSA) is 78.9 Å². The summed E-state index contributed by atoms with van der Waals surface area (Å²) in [4.78, 5) is 24.7. The standard InChI is InChI=1S/C15H22N2O4/c1-4-17(10-9-14(18)19)11(2)15(20)16-12-7-5-6-8-13(12)21-3/h5-8,11H,4,9-10H2,1-3H3,(H,16,20)(H,18,19). The first kappa shape index (κ1) is 17.0. The fourth-order valence-corrected chi connectivity index (χ4v) is 2.02. The molecule has 0 aliphatic rings. The van der Waals surface area contributed by atoms with Gasteiger partial charge in [-0.1, -0.05) is 19.1 Å². The maximum Gasteiger partial charge on any atom is 0.304 e. The van der Waals surface area contributed by atoms with Gasteiger partial charge in [-0.3, -0.25) is 14.5 Å². The van der Waals surface area contributed by atoms with Crippen molar-refractivity contribution in [3.8, 4) is 5.75 Å². The molecule has 1 atom stereocenters. The molecule has 6 heteroatoms. The number of nitrogens with zero attached hydrogens (tertiary/aromatic N) is 1. The molecule has 0 saturated heterocycles. The van der Waals surface area contributed by atoms with E-state index in [1.165, 1.54) is 0 Å². The molecule has 1 aromatic rings. The van der Waals surface area contributed by atoms with Crippen LogP contribution in [0.15, 0.2) is 24.3 Å². The van der Waals surface area contributed by atoms with E-state index in [1.807, 2.05) is 24.0 Å². The third-order valence-electron chi connectivity index (χ3n) is 3.31. The van der Waals surface area contributed by atoms with Crippen LogP contribution in [-0.4, -0.2) is 48.1 Å². The number of nitrogens with one attached hydrogen (secondary N) is 1. The highest BCUT2D eigenvalue weighted by atomic mass is 16.5. The molecule has 0 heterocycles. The molecule has 0 bridgehead atoms. The number of carboxylic acids is 1. The van der Waals surface area contributed by atoms with Crippen LogP contribution in [0.5, 0.6) is 5.75 Å². The molecule has 1 rings (SSSR count). The molecule has 0 aliphatic heterocycles. The van der Waals surface area contributed by atoms with Gasteiger partial charge in [0, 0.05) is 6.54 Å². The molecule has 0 fully saturated rings. The lowest BCUT2D eigenvalue weighted by Crippen LogP contribution is -2.43. The summed E-state index contributed by atoms with van der Waals surface area (Å²) in [7, 11) is 1.54. The van der Waals surface area contributed by atoms with Crippen molar-refractivity contribution in [1.29, 1.82) is 0 Å². The normalized spacial score (nSPS) is 12.0. The maximum atomic E-state index is 12.3. The Balaban J connectivity index is 2.70. The number of rotatable bonds is 8. The molecule has 6 nitrogen and oxygen atoms in total. The number of carbonyl (C=O) groups is 2. The van der Waals surface area contributed by atoms with Gasteiger partial charge >= 0.3 is 5.97 Å². The molecule has 21 heavy (non-hydrogen) atoms. The summed E-state index contributed by atoms with van der Waals surface area (Å²) < 4.78 is 5.19. The van der Waals surface area contributed by atoms with Crippen molar-refractivity contribution < 1.29 is 19.4 Å². The van der Waals surface area contributed by atoms with Crippen molar-refractivity contribution in [2.45, 2.75) is 26.3 Å². The molecular weight excluding hydrogens is 272 g/mol. The molecule has 0 aromatic heterocycles. The summed E-state index contributed by atoms with van der Waals surface area (Å²) >= 11 is 0. The first-order chi connectivity index (χ1) is 9.99. The van der Waals surface area contributed by atoms with Crippen molar-refractivity contribution in [1.82, 2.24) is 4.90 Å². The molecule has 0 spiro atoms. The van der Waals surface area contributed by atoms with E-state index in [4.69, 9.17) is 9.84 Å². The number of hydrogen-bond acceptors (Lipinski definition) is 4. The lowest BCUT2D eigenvalue weighted by atomic mass is 10.2. The minimum absolute atomic E-state index is 0.0140. The zero-order valence-corrected chi connectivity index (χ0v) is 12.6. The molecule has 1 amide bonds. The third-order valence-corrected chi connectivity index (χ3v) is 3.31. The van der Waals surface area contributed by atoms with Crippen molar-refractivity contribution >= 4 is 17.6 Å². The molecule has 0 saturated carbocycles. The second kappa shape index (κ2) is 8.26. The monoisotopic (exact) mass is 294 g/mol. The highest BCUT2D eigenvalue weighted by Crippen LogP contribution is 2.23. The predicted octanol–water partition coefficient (Wildman–Crippen LogP) is 1.82. The molecule has 2 N–H and O–H groups in total. The molecule has 1 aromatic carbocycles. The van der Waals surface area contributed by atoms with Crippen molar-refractivity contribution in [3.63, 3.8) is 0 Å². The summed E-state index contributed by atoms with van der Waals surface area (Å²) in [6.45, 7) is 4.60. The van der Waals surface area contributed by atoms with Crippen LogP contribution in [0.25, 0.3) is 0 Å². The van der Waals surface area contributed by atoms with Crippen molar-refractivity contribution in [2.24, 2.45) is 0 Å². The number of aliphatic carboxylic acids is 1. The van der Waals surface area contributed by atoms with Gasteiger partial charge in [0.2, 0.25) is 5.91 Å². The zero-order valence-electron chi connectivity index (χ0n) is 12.6. The minimum atomic E-state index is -0.870. The number of carbonyl (C=O) groups excluding carboxylic acids is 1. The van der Waals surface area contributed by atoms with E-state index in [9.17, 15) is 9.59 Å².